The van der Waals surface area contributed by atoms with Crippen molar-refractivity contribution in [1.82, 2.24) is 15.1 Å². The molecule has 12 heteroatoms. The van der Waals surface area contributed by atoms with Crippen molar-refractivity contribution < 1.29 is 42.1 Å². The maximum absolute atomic E-state index is 14.4. The molecule has 0 bridgehead atoms. The molecule has 1 saturated carbocycles. The summed E-state index contributed by atoms with van der Waals surface area (Å²) in [5.74, 6) is -0.255. The third-order valence-corrected chi connectivity index (χ3v) is 9.39. The van der Waals surface area contributed by atoms with Gasteiger partial charge in [-0.2, -0.15) is 13.2 Å². The lowest BCUT2D eigenvalue weighted by Crippen LogP contribution is -2.52. The van der Waals surface area contributed by atoms with Crippen LogP contribution in [0.3, 0.4) is 0 Å². The summed E-state index contributed by atoms with van der Waals surface area (Å²) in [6.07, 6.45) is -2.36. The number of methoxy groups -OCH3 is 1. The number of amides is 2. The second kappa shape index (κ2) is 11.9. The van der Waals surface area contributed by atoms with E-state index in [0.29, 0.717) is 51.1 Å². The van der Waals surface area contributed by atoms with E-state index in [2.05, 4.69) is 5.32 Å². The number of halogens is 3. The SMILES string of the molecule is COC1COCCC1N[C@@H]1C[C@H]2CN(C(=O)OCCC(C)(C)O)C[C@@]2(C(=O)N2CCc3ccc(C(F)(F)F)cc3C2)C1. The number of alkyl halides is 3. The van der Waals surface area contributed by atoms with Gasteiger partial charge in [0.05, 0.1) is 35.9 Å². The van der Waals surface area contributed by atoms with Crippen LogP contribution in [-0.2, 0) is 38.1 Å². The van der Waals surface area contributed by atoms with E-state index in [9.17, 15) is 27.9 Å². The number of nitrogens with one attached hydrogen (secondary N) is 1. The van der Waals surface area contributed by atoms with Gasteiger partial charge in [-0.1, -0.05) is 6.07 Å². The Morgan fingerprint density at radius 3 is 2.71 bits per heavy atom. The van der Waals surface area contributed by atoms with Gasteiger partial charge in [0.15, 0.2) is 0 Å². The van der Waals surface area contributed by atoms with E-state index in [0.717, 1.165) is 24.1 Å². The predicted octanol–water partition coefficient (Wildman–Crippen LogP) is 3.36. The maximum Gasteiger partial charge on any atom is 0.416 e. The summed E-state index contributed by atoms with van der Waals surface area (Å²) in [6.45, 7) is 5.50. The summed E-state index contributed by atoms with van der Waals surface area (Å²) >= 11 is 0. The number of hydrogen-bond acceptors (Lipinski definition) is 7. The largest absolute Gasteiger partial charge is 0.449 e. The molecule has 1 aromatic carbocycles. The zero-order valence-corrected chi connectivity index (χ0v) is 24.5. The molecule has 1 aromatic rings. The second-order valence-electron chi connectivity index (χ2n) is 12.9. The molecular formula is C30H42F3N3O6. The van der Waals surface area contributed by atoms with Crippen molar-refractivity contribution in [1.29, 1.82) is 0 Å². The number of hydrogen-bond donors (Lipinski definition) is 2. The summed E-state index contributed by atoms with van der Waals surface area (Å²) in [4.78, 5) is 30.7. The van der Waals surface area contributed by atoms with Crippen molar-refractivity contribution in [2.45, 2.75) is 82.5 Å². The third-order valence-electron chi connectivity index (χ3n) is 9.39. The van der Waals surface area contributed by atoms with Crippen molar-refractivity contribution >= 4 is 12.0 Å². The van der Waals surface area contributed by atoms with Crippen LogP contribution in [0.2, 0.25) is 0 Å². The van der Waals surface area contributed by atoms with Gasteiger partial charge in [0.25, 0.3) is 0 Å². The Balaban J connectivity index is 1.34. The minimum absolute atomic E-state index is 0.0157. The zero-order chi connectivity index (χ0) is 30.3. The number of fused-ring (bicyclic) bond motifs is 2. The summed E-state index contributed by atoms with van der Waals surface area (Å²) in [7, 11) is 1.65. The van der Waals surface area contributed by atoms with Gasteiger partial charge in [-0.05, 0) is 68.7 Å². The van der Waals surface area contributed by atoms with Gasteiger partial charge in [0.2, 0.25) is 5.91 Å². The molecule has 0 aromatic heterocycles. The van der Waals surface area contributed by atoms with Crippen molar-refractivity contribution in [3.8, 4) is 0 Å². The molecular weight excluding hydrogens is 555 g/mol. The fourth-order valence-corrected chi connectivity index (χ4v) is 7.11. The molecule has 3 aliphatic heterocycles. The van der Waals surface area contributed by atoms with Gasteiger partial charge in [-0.15, -0.1) is 0 Å². The van der Waals surface area contributed by atoms with Gasteiger partial charge in [-0.3, -0.25) is 4.79 Å². The lowest BCUT2D eigenvalue weighted by Gasteiger charge is -2.38. The maximum atomic E-state index is 14.4. The molecule has 42 heavy (non-hydrogen) atoms. The number of rotatable bonds is 7. The van der Waals surface area contributed by atoms with E-state index in [1.807, 2.05) is 0 Å². The molecule has 5 atom stereocenters. The molecule has 234 valence electrons. The first-order chi connectivity index (χ1) is 19.8. The Morgan fingerprint density at radius 1 is 1.21 bits per heavy atom. The first-order valence-electron chi connectivity index (χ1n) is 14.8. The smallest absolute Gasteiger partial charge is 0.416 e. The molecule has 3 heterocycles. The molecule has 4 aliphatic rings. The normalized spacial score (nSPS) is 29.8. The number of benzene rings is 1. The Morgan fingerprint density at radius 2 is 2.00 bits per heavy atom. The number of ether oxygens (including phenoxy) is 3. The summed E-state index contributed by atoms with van der Waals surface area (Å²) in [5, 5.41) is 13.7. The Bertz CT molecular complexity index is 1160. The van der Waals surface area contributed by atoms with Crippen molar-refractivity contribution in [3.05, 3.63) is 34.9 Å². The van der Waals surface area contributed by atoms with Gasteiger partial charge in [0, 0.05) is 58.4 Å². The molecule has 0 spiro atoms. The molecule has 2 unspecified atom stereocenters. The lowest BCUT2D eigenvalue weighted by molar-refractivity contribution is -0.143. The Hall–Kier alpha value is -2.41. The molecule has 2 N–H and O–H groups in total. The topological polar surface area (TPSA) is 101 Å². The van der Waals surface area contributed by atoms with Crippen LogP contribution in [0.5, 0.6) is 0 Å². The van der Waals surface area contributed by atoms with Crippen LogP contribution in [0.15, 0.2) is 18.2 Å². The van der Waals surface area contributed by atoms with E-state index >= 15 is 0 Å². The second-order valence-corrected chi connectivity index (χ2v) is 12.9. The van der Waals surface area contributed by atoms with Gasteiger partial charge < -0.3 is 34.4 Å². The van der Waals surface area contributed by atoms with E-state index in [1.54, 1.807) is 30.8 Å². The number of likely N-dealkylation sites (tertiary alicyclic amines) is 1. The monoisotopic (exact) mass is 597 g/mol. The van der Waals surface area contributed by atoms with Gasteiger partial charge in [0.1, 0.15) is 0 Å². The number of nitrogens with zero attached hydrogens (tertiary/aromatic N) is 2. The Labute approximate surface area is 244 Å². The fourth-order valence-electron chi connectivity index (χ4n) is 7.11. The predicted molar refractivity (Wildman–Crippen MR) is 147 cm³/mol. The van der Waals surface area contributed by atoms with Crippen LogP contribution in [0, 0.1) is 11.3 Å². The van der Waals surface area contributed by atoms with Crippen LogP contribution in [0.1, 0.15) is 56.2 Å². The molecule has 0 radical (unpaired) electrons. The molecule has 1 aliphatic carbocycles. The van der Waals surface area contributed by atoms with Crippen LogP contribution in [-0.4, -0.2) is 97.3 Å². The van der Waals surface area contributed by atoms with E-state index in [1.165, 1.54) is 6.07 Å². The zero-order valence-electron chi connectivity index (χ0n) is 24.5. The average Bonchev–Trinajstić information content (AvgIpc) is 3.46. The molecule has 5 rings (SSSR count). The van der Waals surface area contributed by atoms with Gasteiger partial charge in [-0.25, -0.2) is 4.79 Å². The van der Waals surface area contributed by atoms with Gasteiger partial charge >= 0.3 is 12.3 Å². The average molecular weight is 598 g/mol. The third kappa shape index (κ3) is 6.56. The van der Waals surface area contributed by atoms with Crippen molar-refractivity contribution in [2.75, 3.05) is 46.6 Å². The van der Waals surface area contributed by atoms with Crippen LogP contribution in [0.25, 0.3) is 0 Å². The highest BCUT2D eigenvalue weighted by Gasteiger charge is 2.60. The van der Waals surface area contributed by atoms with Crippen LogP contribution >= 0.6 is 0 Å². The fraction of sp³-hybridized carbons (Fsp3) is 0.733. The van der Waals surface area contributed by atoms with Crippen LogP contribution in [0.4, 0.5) is 18.0 Å². The van der Waals surface area contributed by atoms with E-state index < -0.39 is 28.8 Å². The first kappa shape index (κ1) is 31.0. The number of carbonyl (C=O) groups excluding carboxylic acids is 2. The summed E-state index contributed by atoms with van der Waals surface area (Å²) in [6, 6.07) is 3.85. The number of carbonyl (C=O) groups is 2. The standard InChI is InChI=1S/C30H42F3N3O6/c1-28(2,39)8-11-42-27(38)36-16-22-13-23(34-24-7-10-41-17-25(24)40-3)14-29(22,18-36)26(37)35-9-6-19-4-5-21(30(31,32)33)12-20(19)15-35/h4-5,12,22-25,34,39H,6-11,13-18H2,1-3H3/t22-,23+,24?,25?,29-/m0/s1. The highest BCUT2D eigenvalue weighted by molar-refractivity contribution is 5.86. The molecule has 3 fully saturated rings. The first-order valence-corrected chi connectivity index (χ1v) is 14.8. The molecule has 9 nitrogen and oxygen atoms in total. The van der Waals surface area contributed by atoms with Crippen molar-refractivity contribution in [2.24, 2.45) is 11.3 Å². The molecule has 2 amide bonds. The molecule has 2 saturated heterocycles. The summed E-state index contributed by atoms with van der Waals surface area (Å²) in [5.41, 5.74) is -1.24. The Kier molecular flexibility index (Phi) is 8.82. The number of aliphatic hydroxyl groups is 1. The van der Waals surface area contributed by atoms with E-state index in [-0.39, 0.29) is 56.1 Å². The quantitative estimate of drug-likeness (QED) is 0.497. The lowest BCUT2D eigenvalue weighted by atomic mass is 9.78. The van der Waals surface area contributed by atoms with E-state index in [4.69, 9.17) is 14.2 Å². The minimum atomic E-state index is -4.46. The highest BCUT2D eigenvalue weighted by atomic mass is 19.4. The van der Waals surface area contributed by atoms with Crippen LogP contribution < -0.4 is 5.32 Å². The van der Waals surface area contributed by atoms with Crippen molar-refractivity contribution in [3.63, 3.8) is 0 Å². The minimum Gasteiger partial charge on any atom is -0.449 e. The summed E-state index contributed by atoms with van der Waals surface area (Å²) < 4.78 is 56.9. The highest BCUT2D eigenvalue weighted by Crippen LogP contribution is 2.51.